The summed E-state index contributed by atoms with van der Waals surface area (Å²) in [6.07, 6.45) is 0.0547. The highest BCUT2D eigenvalue weighted by atomic mass is 35.5. The standard InChI is InChI=1S/C12H12ClNO3/c1-14-10(15)6-9(12(16)17)11(14)7-2-4-8(13)5-3-7/h2-5,9,11H,6H2,1H3,(H,16,17)/t9-,11+/m0/s1. The van der Waals surface area contributed by atoms with Gasteiger partial charge in [-0.15, -0.1) is 0 Å². The van der Waals surface area contributed by atoms with Crippen molar-refractivity contribution in [1.29, 1.82) is 0 Å². The van der Waals surface area contributed by atoms with Gasteiger partial charge in [-0.2, -0.15) is 0 Å². The van der Waals surface area contributed by atoms with Crippen molar-refractivity contribution in [3.63, 3.8) is 0 Å². The van der Waals surface area contributed by atoms with Gasteiger partial charge >= 0.3 is 5.97 Å². The first kappa shape index (κ1) is 11.9. The summed E-state index contributed by atoms with van der Waals surface area (Å²) in [5.74, 6) is -1.77. The lowest BCUT2D eigenvalue weighted by Crippen LogP contribution is -2.26. The molecule has 0 aliphatic carbocycles. The highest BCUT2D eigenvalue weighted by molar-refractivity contribution is 6.30. The van der Waals surface area contributed by atoms with Gasteiger partial charge in [-0.05, 0) is 17.7 Å². The van der Waals surface area contributed by atoms with Crippen LogP contribution in [0.15, 0.2) is 24.3 Å². The third kappa shape index (κ3) is 2.13. The molecule has 1 N–H and O–H groups in total. The molecule has 0 bridgehead atoms. The van der Waals surface area contributed by atoms with Gasteiger partial charge in [0.15, 0.2) is 0 Å². The van der Waals surface area contributed by atoms with Crippen molar-refractivity contribution in [2.24, 2.45) is 5.92 Å². The summed E-state index contributed by atoms with van der Waals surface area (Å²) in [7, 11) is 1.63. The second-order valence-electron chi connectivity index (χ2n) is 4.15. The van der Waals surface area contributed by atoms with Crippen molar-refractivity contribution in [1.82, 2.24) is 4.90 Å². The quantitative estimate of drug-likeness (QED) is 0.876. The first-order chi connectivity index (χ1) is 8.00. The molecule has 1 fully saturated rings. The number of carbonyl (C=O) groups is 2. The molecular formula is C12H12ClNO3. The highest BCUT2D eigenvalue weighted by Crippen LogP contribution is 2.37. The number of carboxylic acid groups (broad SMARTS) is 1. The van der Waals surface area contributed by atoms with Gasteiger partial charge in [-0.3, -0.25) is 9.59 Å². The number of carboxylic acids is 1. The molecule has 4 nitrogen and oxygen atoms in total. The van der Waals surface area contributed by atoms with Crippen LogP contribution in [0.3, 0.4) is 0 Å². The van der Waals surface area contributed by atoms with Gasteiger partial charge in [-0.25, -0.2) is 0 Å². The summed E-state index contributed by atoms with van der Waals surface area (Å²) in [5, 5.41) is 9.72. The molecule has 0 unspecified atom stereocenters. The molecule has 1 aromatic rings. The van der Waals surface area contributed by atoms with Crippen LogP contribution in [-0.2, 0) is 9.59 Å². The van der Waals surface area contributed by atoms with E-state index in [0.29, 0.717) is 5.02 Å². The molecule has 0 aromatic heterocycles. The zero-order valence-electron chi connectivity index (χ0n) is 9.26. The van der Waals surface area contributed by atoms with Crippen LogP contribution in [0.5, 0.6) is 0 Å². The van der Waals surface area contributed by atoms with E-state index < -0.39 is 17.9 Å². The highest BCUT2D eigenvalue weighted by Gasteiger charge is 2.42. The van der Waals surface area contributed by atoms with Crippen molar-refractivity contribution >= 4 is 23.5 Å². The van der Waals surface area contributed by atoms with Crippen LogP contribution in [0.2, 0.25) is 5.02 Å². The molecule has 1 aliphatic heterocycles. The van der Waals surface area contributed by atoms with E-state index in [1.54, 1.807) is 31.3 Å². The van der Waals surface area contributed by atoms with Crippen molar-refractivity contribution in [3.8, 4) is 0 Å². The maximum atomic E-state index is 11.6. The molecule has 1 aliphatic rings. The number of amides is 1. The number of carbonyl (C=O) groups excluding carboxylic acids is 1. The van der Waals surface area contributed by atoms with E-state index in [9.17, 15) is 9.59 Å². The fourth-order valence-corrected chi connectivity index (χ4v) is 2.33. The molecule has 17 heavy (non-hydrogen) atoms. The Hall–Kier alpha value is -1.55. The van der Waals surface area contributed by atoms with Crippen LogP contribution in [0.4, 0.5) is 0 Å². The van der Waals surface area contributed by atoms with Crippen LogP contribution in [0.1, 0.15) is 18.0 Å². The molecule has 0 spiro atoms. The third-order valence-corrected chi connectivity index (χ3v) is 3.37. The molecule has 1 saturated heterocycles. The lowest BCUT2D eigenvalue weighted by atomic mass is 9.94. The predicted octanol–water partition coefficient (Wildman–Crippen LogP) is 1.94. The number of nitrogens with zero attached hydrogens (tertiary/aromatic N) is 1. The molecular weight excluding hydrogens is 242 g/mol. The summed E-state index contributed by atoms with van der Waals surface area (Å²) in [6.45, 7) is 0. The minimum atomic E-state index is -0.942. The van der Waals surface area contributed by atoms with E-state index in [1.165, 1.54) is 4.90 Å². The van der Waals surface area contributed by atoms with Gasteiger partial charge in [0.25, 0.3) is 0 Å². The number of rotatable bonds is 2. The predicted molar refractivity (Wildman–Crippen MR) is 62.7 cm³/mol. The van der Waals surface area contributed by atoms with Gasteiger partial charge in [0, 0.05) is 18.5 Å². The van der Waals surface area contributed by atoms with Crippen molar-refractivity contribution in [2.75, 3.05) is 7.05 Å². The Bertz CT molecular complexity index is 457. The van der Waals surface area contributed by atoms with Gasteiger partial charge in [-0.1, -0.05) is 23.7 Å². The van der Waals surface area contributed by atoms with Gasteiger partial charge in [0.2, 0.25) is 5.91 Å². The van der Waals surface area contributed by atoms with E-state index in [-0.39, 0.29) is 12.3 Å². The summed E-state index contributed by atoms with van der Waals surface area (Å²) in [6, 6.07) is 6.52. The minimum Gasteiger partial charge on any atom is -0.481 e. The summed E-state index contributed by atoms with van der Waals surface area (Å²) >= 11 is 5.79. The first-order valence-electron chi connectivity index (χ1n) is 5.24. The smallest absolute Gasteiger partial charge is 0.309 e. The molecule has 5 heteroatoms. The fourth-order valence-electron chi connectivity index (χ4n) is 2.21. The summed E-state index contributed by atoms with van der Waals surface area (Å²) < 4.78 is 0. The normalized spacial score (nSPS) is 24.1. The molecule has 1 aromatic carbocycles. The number of aliphatic carboxylic acids is 1. The molecule has 0 saturated carbocycles. The fraction of sp³-hybridized carbons (Fsp3) is 0.333. The lowest BCUT2D eigenvalue weighted by molar-refractivity contribution is -0.142. The summed E-state index contributed by atoms with van der Waals surface area (Å²) in [5.41, 5.74) is 0.801. The van der Waals surface area contributed by atoms with E-state index in [2.05, 4.69) is 0 Å². The zero-order chi connectivity index (χ0) is 12.6. The van der Waals surface area contributed by atoms with Crippen molar-refractivity contribution < 1.29 is 14.7 Å². The van der Waals surface area contributed by atoms with E-state index in [0.717, 1.165) is 5.56 Å². The largest absolute Gasteiger partial charge is 0.481 e. The number of likely N-dealkylation sites (tertiary alicyclic amines) is 1. The lowest BCUT2D eigenvalue weighted by Gasteiger charge is -2.23. The SMILES string of the molecule is CN1C(=O)C[C@H](C(=O)O)[C@H]1c1ccc(Cl)cc1. The van der Waals surface area contributed by atoms with Gasteiger partial charge < -0.3 is 10.0 Å². The van der Waals surface area contributed by atoms with Crippen LogP contribution in [0, 0.1) is 5.92 Å². The zero-order valence-corrected chi connectivity index (χ0v) is 10.0. The Morgan fingerprint density at radius 1 is 1.41 bits per heavy atom. The molecule has 2 atom stereocenters. The van der Waals surface area contributed by atoms with Crippen LogP contribution >= 0.6 is 11.6 Å². The number of hydrogen-bond acceptors (Lipinski definition) is 2. The van der Waals surface area contributed by atoms with Crippen LogP contribution < -0.4 is 0 Å². The maximum Gasteiger partial charge on any atom is 0.309 e. The second kappa shape index (κ2) is 4.37. The third-order valence-electron chi connectivity index (χ3n) is 3.12. The van der Waals surface area contributed by atoms with Crippen LogP contribution in [0.25, 0.3) is 0 Å². The van der Waals surface area contributed by atoms with E-state index in [1.807, 2.05) is 0 Å². The maximum absolute atomic E-state index is 11.6. The molecule has 0 radical (unpaired) electrons. The number of halogens is 1. The van der Waals surface area contributed by atoms with Gasteiger partial charge in [0.05, 0.1) is 12.0 Å². The molecule has 2 rings (SSSR count). The number of hydrogen-bond donors (Lipinski definition) is 1. The first-order valence-corrected chi connectivity index (χ1v) is 5.62. The molecule has 1 heterocycles. The number of benzene rings is 1. The Balaban J connectivity index is 2.37. The average Bonchev–Trinajstić information content (AvgIpc) is 2.57. The van der Waals surface area contributed by atoms with Crippen molar-refractivity contribution in [2.45, 2.75) is 12.5 Å². The topological polar surface area (TPSA) is 57.6 Å². The van der Waals surface area contributed by atoms with Crippen molar-refractivity contribution in [3.05, 3.63) is 34.9 Å². The van der Waals surface area contributed by atoms with Crippen LogP contribution in [-0.4, -0.2) is 28.9 Å². The van der Waals surface area contributed by atoms with Gasteiger partial charge in [0.1, 0.15) is 0 Å². The Morgan fingerprint density at radius 3 is 2.53 bits per heavy atom. The second-order valence-corrected chi connectivity index (χ2v) is 4.59. The Labute approximate surface area is 104 Å². The Morgan fingerprint density at radius 2 is 2.00 bits per heavy atom. The monoisotopic (exact) mass is 253 g/mol. The molecule has 90 valence electrons. The molecule has 1 amide bonds. The van der Waals surface area contributed by atoms with E-state index in [4.69, 9.17) is 16.7 Å². The Kier molecular flexibility index (Phi) is 3.07. The summed E-state index contributed by atoms with van der Waals surface area (Å²) in [4.78, 5) is 24.2. The average molecular weight is 254 g/mol. The van der Waals surface area contributed by atoms with E-state index >= 15 is 0 Å². The minimum absolute atomic E-state index is 0.0547.